The van der Waals surface area contributed by atoms with Gasteiger partial charge in [0, 0.05) is 30.5 Å². The summed E-state index contributed by atoms with van der Waals surface area (Å²) in [5.41, 5.74) is 0.794. The number of thioether (sulfide) groups is 1. The van der Waals surface area contributed by atoms with E-state index >= 15 is 0 Å². The van der Waals surface area contributed by atoms with Crippen molar-refractivity contribution in [2.45, 2.75) is 76.4 Å². The smallest absolute Gasteiger partial charge is 0.254 e. The van der Waals surface area contributed by atoms with Crippen molar-refractivity contribution in [3.63, 3.8) is 0 Å². The van der Waals surface area contributed by atoms with Crippen LogP contribution in [0.15, 0.2) is 16.0 Å². The standard InChI is InChI=1S/C18H29N3O2S/c1-3-5-6-7-8-9-10-19-16(22)12-15-13-24-18-20-14(4-2)11-17(23)21(15)18/h11,15H,3-10,12-13H2,1-2H3,(H,19,22). The van der Waals surface area contributed by atoms with Crippen molar-refractivity contribution in [2.24, 2.45) is 0 Å². The minimum Gasteiger partial charge on any atom is -0.356 e. The van der Waals surface area contributed by atoms with E-state index in [9.17, 15) is 9.59 Å². The van der Waals surface area contributed by atoms with Gasteiger partial charge in [0.15, 0.2) is 5.16 Å². The highest BCUT2D eigenvalue weighted by Gasteiger charge is 2.27. The first-order valence-corrected chi connectivity index (χ1v) is 10.2. The number of amides is 1. The first kappa shape index (κ1) is 19.0. The molecular formula is C18H29N3O2S. The number of rotatable bonds is 10. The SMILES string of the molecule is CCCCCCCCNC(=O)CC1CSc2nc(CC)cc(=O)n21. The zero-order chi connectivity index (χ0) is 17.4. The highest BCUT2D eigenvalue weighted by molar-refractivity contribution is 7.99. The lowest BCUT2D eigenvalue weighted by atomic mass is 10.1. The van der Waals surface area contributed by atoms with Gasteiger partial charge in [0.2, 0.25) is 5.91 Å². The number of nitrogens with zero attached hydrogens (tertiary/aromatic N) is 2. The molecule has 1 aliphatic rings. The molecule has 0 saturated carbocycles. The number of carbonyl (C=O) groups is 1. The Bertz CT molecular complexity index is 600. The fourth-order valence-electron chi connectivity index (χ4n) is 2.95. The molecule has 6 heteroatoms. The van der Waals surface area contributed by atoms with Crippen LogP contribution in [-0.4, -0.2) is 27.8 Å². The van der Waals surface area contributed by atoms with Crippen LogP contribution in [0.25, 0.3) is 0 Å². The van der Waals surface area contributed by atoms with Gasteiger partial charge >= 0.3 is 0 Å². The van der Waals surface area contributed by atoms with E-state index in [2.05, 4.69) is 17.2 Å². The van der Waals surface area contributed by atoms with E-state index in [4.69, 9.17) is 0 Å². The quantitative estimate of drug-likeness (QED) is 0.519. The molecule has 0 fully saturated rings. The number of unbranched alkanes of at least 4 members (excludes halogenated alkanes) is 5. The van der Waals surface area contributed by atoms with Gasteiger partial charge in [-0.15, -0.1) is 0 Å². The number of carbonyl (C=O) groups excluding carboxylic acids is 1. The van der Waals surface area contributed by atoms with E-state index in [1.807, 2.05) is 6.92 Å². The number of aryl methyl sites for hydroxylation is 1. The molecule has 0 aromatic carbocycles. The summed E-state index contributed by atoms with van der Waals surface area (Å²) in [4.78, 5) is 28.9. The van der Waals surface area contributed by atoms with Crippen molar-refractivity contribution in [2.75, 3.05) is 12.3 Å². The maximum Gasteiger partial charge on any atom is 0.254 e. The first-order valence-electron chi connectivity index (χ1n) is 9.17. The third-order valence-electron chi connectivity index (χ3n) is 4.38. The Kier molecular flexibility index (Phi) is 7.82. The first-order chi connectivity index (χ1) is 11.7. The van der Waals surface area contributed by atoms with E-state index in [1.165, 1.54) is 32.1 Å². The van der Waals surface area contributed by atoms with Gasteiger partial charge in [0.05, 0.1) is 6.04 Å². The second-order valence-corrected chi connectivity index (χ2v) is 7.37. The summed E-state index contributed by atoms with van der Waals surface area (Å²) in [5.74, 6) is 0.785. The number of hydrogen-bond acceptors (Lipinski definition) is 4. The summed E-state index contributed by atoms with van der Waals surface area (Å²) < 4.78 is 1.69. The molecule has 1 aromatic rings. The average molecular weight is 352 g/mol. The molecule has 2 rings (SSSR count). The largest absolute Gasteiger partial charge is 0.356 e. The van der Waals surface area contributed by atoms with Crippen molar-refractivity contribution in [1.29, 1.82) is 0 Å². The maximum absolute atomic E-state index is 12.2. The summed E-state index contributed by atoms with van der Waals surface area (Å²) in [6, 6.07) is 1.52. The lowest BCUT2D eigenvalue weighted by Gasteiger charge is -2.13. The van der Waals surface area contributed by atoms with Crippen molar-refractivity contribution in [1.82, 2.24) is 14.9 Å². The van der Waals surface area contributed by atoms with Crippen LogP contribution in [0.3, 0.4) is 0 Å². The van der Waals surface area contributed by atoms with Crippen LogP contribution in [0, 0.1) is 0 Å². The van der Waals surface area contributed by atoms with Crippen LogP contribution in [-0.2, 0) is 11.2 Å². The number of nitrogens with one attached hydrogen (secondary N) is 1. The highest BCUT2D eigenvalue weighted by atomic mass is 32.2. The minimum absolute atomic E-state index is 0.0319. The zero-order valence-corrected chi connectivity index (χ0v) is 15.7. The molecule has 1 atom stereocenters. The van der Waals surface area contributed by atoms with Crippen LogP contribution in [0.2, 0.25) is 0 Å². The summed E-state index contributed by atoms with van der Waals surface area (Å²) in [6.45, 7) is 4.94. The van der Waals surface area contributed by atoms with E-state index in [1.54, 1.807) is 22.4 Å². The van der Waals surface area contributed by atoms with Gasteiger partial charge in [-0.1, -0.05) is 57.7 Å². The Morgan fingerprint density at radius 2 is 2.04 bits per heavy atom. The van der Waals surface area contributed by atoms with Crippen molar-refractivity contribution < 1.29 is 4.79 Å². The molecule has 0 spiro atoms. The van der Waals surface area contributed by atoms with Gasteiger partial charge in [0.25, 0.3) is 5.56 Å². The predicted octanol–water partition coefficient (Wildman–Crippen LogP) is 3.32. The van der Waals surface area contributed by atoms with Gasteiger partial charge in [-0.05, 0) is 12.8 Å². The predicted molar refractivity (Wildman–Crippen MR) is 98.6 cm³/mol. The average Bonchev–Trinajstić information content (AvgIpc) is 2.97. The summed E-state index contributed by atoms with van der Waals surface area (Å²) >= 11 is 1.57. The lowest BCUT2D eigenvalue weighted by molar-refractivity contribution is -0.121. The second-order valence-electron chi connectivity index (χ2n) is 6.38. The molecule has 0 radical (unpaired) electrons. The third kappa shape index (κ3) is 5.36. The fraction of sp³-hybridized carbons (Fsp3) is 0.722. The van der Waals surface area contributed by atoms with Crippen LogP contribution in [0.4, 0.5) is 0 Å². The van der Waals surface area contributed by atoms with Crippen molar-refractivity contribution in [3.05, 3.63) is 22.1 Å². The molecule has 1 amide bonds. The van der Waals surface area contributed by atoms with Crippen LogP contribution < -0.4 is 10.9 Å². The Labute approximate surface area is 148 Å². The lowest BCUT2D eigenvalue weighted by Crippen LogP contribution is -2.31. The van der Waals surface area contributed by atoms with E-state index in [0.29, 0.717) is 6.42 Å². The molecule has 1 aliphatic heterocycles. The molecule has 134 valence electrons. The Morgan fingerprint density at radius 3 is 2.79 bits per heavy atom. The highest BCUT2D eigenvalue weighted by Crippen LogP contribution is 2.31. The fourth-order valence-corrected chi connectivity index (χ4v) is 4.12. The molecule has 0 bridgehead atoms. The van der Waals surface area contributed by atoms with E-state index in [0.717, 1.165) is 36.0 Å². The molecule has 1 aromatic heterocycles. The molecule has 0 saturated heterocycles. The van der Waals surface area contributed by atoms with Crippen molar-refractivity contribution in [3.8, 4) is 0 Å². The Balaban J connectivity index is 1.76. The molecule has 2 heterocycles. The zero-order valence-electron chi connectivity index (χ0n) is 14.8. The number of aromatic nitrogens is 2. The maximum atomic E-state index is 12.2. The number of fused-ring (bicyclic) bond motifs is 1. The monoisotopic (exact) mass is 351 g/mol. The minimum atomic E-state index is -0.0690. The van der Waals surface area contributed by atoms with Crippen LogP contribution in [0.5, 0.6) is 0 Å². The molecule has 0 aliphatic carbocycles. The van der Waals surface area contributed by atoms with Crippen LogP contribution in [0.1, 0.15) is 70.5 Å². The molecular weight excluding hydrogens is 322 g/mol. The van der Waals surface area contributed by atoms with Gasteiger partial charge in [-0.25, -0.2) is 4.98 Å². The van der Waals surface area contributed by atoms with Gasteiger partial charge in [-0.2, -0.15) is 0 Å². The second kappa shape index (κ2) is 9.87. The molecule has 24 heavy (non-hydrogen) atoms. The molecule has 1 unspecified atom stereocenters. The topological polar surface area (TPSA) is 64.0 Å². The van der Waals surface area contributed by atoms with Crippen LogP contribution >= 0.6 is 11.8 Å². The van der Waals surface area contributed by atoms with E-state index in [-0.39, 0.29) is 17.5 Å². The van der Waals surface area contributed by atoms with Gasteiger partial charge in [-0.3, -0.25) is 14.2 Å². The van der Waals surface area contributed by atoms with Gasteiger partial charge in [0.1, 0.15) is 0 Å². The summed E-state index contributed by atoms with van der Waals surface area (Å²) in [5, 5.41) is 3.75. The summed E-state index contributed by atoms with van der Waals surface area (Å²) in [7, 11) is 0. The Hall–Kier alpha value is -1.30. The van der Waals surface area contributed by atoms with Crippen molar-refractivity contribution >= 4 is 17.7 Å². The number of hydrogen-bond donors (Lipinski definition) is 1. The molecule has 5 nitrogen and oxygen atoms in total. The Morgan fingerprint density at radius 1 is 1.29 bits per heavy atom. The third-order valence-corrected chi connectivity index (χ3v) is 5.48. The molecule has 1 N–H and O–H groups in total. The summed E-state index contributed by atoms with van der Waals surface area (Å²) in [6.07, 6.45) is 8.42. The van der Waals surface area contributed by atoms with E-state index < -0.39 is 0 Å². The van der Waals surface area contributed by atoms with Gasteiger partial charge < -0.3 is 5.32 Å². The normalized spacial score (nSPS) is 16.2.